The fraction of sp³-hybridized carbons (Fsp3) is 0.353. The third-order valence-corrected chi connectivity index (χ3v) is 3.52. The number of hydrogen-bond acceptors (Lipinski definition) is 3. The minimum absolute atomic E-state index is 0.363. The van der Waals surface area contributed by atoms with E-state index in [0.29, 0.717) is 11.8 Å². The van der Waals surface area contributed by atoms with Crippen molar-refractivity contribution < 1.29 is 9.84 Å². The summed E-state index contributed by atoms with van der Waals surface area (Å²) in [5, 5.41) is 10.5. The van der Waals surface area contributed by atoms with Gasteiger partial charge in [-0.2, -0.15) is 0 Å². The first kappa shape index (κ1) is 13.1. The molecule has 3 nitrogen and oxygen atoms in total. The van der Waals surface area contributed by atoms with Gasteiger partial charge in [-0.05, 0) is 55.5 Å². The Labute approximate surface area is 119 Å². The number of aliphatic hydroxyl groups is 1. The lowest BCUT2D eigenvalue weighted by Gasteiger charge is -2.15. The average molecular weight is 269 g/mol. The van der Waals surface area contributed by atoms with Gasteiger partial charge in [0.1, 0.15) is 11.9 Å². The third kappa shape index (κ3) is 2.83. The fourth-order valence-electron chi connectivity index (χ4n) is 2.31. The molecule has 1 aromatic heterocycles. The number of ether oxygens (including phenoxy) is 1. The Morgan fingerprint density at radius 3 is 2.75 bits per heavy atom. The zero-order valence-corrected chi connectivity index (χ0v) is 11.8. The molecule has 2 aromatic rings. The van der Waals surface area contributed by atoms with E-state index < -0.39 is 6.10 Å². The van der Waals surface area contributed by atoms with Gasteiger partial charge in [0.05, 0.1) is 11.8 Å². The van der Waals surface area contributed by atoms with Gasteiger partial charge in [0.15, 0.2) is 0 Å². The van der Waals surface area contributed by atoms with Gasteiger partial charge >= 0.3 is 0 Å². The second-order valence-corrected chi connectivity index (χ2v) is 5.51. The fourth-order valence-corrected chi connectivity index (χ4v) is 2.31. The van der Waals surface area contributed by atoms with Crippen molar-refractivity contribution in [2.75, 3.05) is 0 Å². The number of nitrogens with zero attached hydrogens (tertiary/aromatic N) is 1. The molecule has 1 N–H and O–H groups in total. The molecule has 3 heteroatoms. The molecule has 1 aliphatic carbocycles. The lowest BCUT2D eigenvalue weighted by atomic mass is 10.0. The largest absolute Gasteiger partial charge is 0.490 e. The molecular formula is C17H19NO2. The van der Waals surface area contributed by atoms with Crippen LogP contribution in [0.5, 0.6) is 5.75 Å². The van der Waals surface area contributed by atoms with Crippen LogP contribution >= 0.6 is 0 Å². The maximum Gasteiger partial charge on any atom is 0.121 e. The zero-order valence-electron chi connectivity index (χ0n) is 11.8. The van der Waals surface area contributed by atoms with Gasteiger partial charge in [-0.15, -0.1) is 0 Å². The summed E-state index contributed by atoms with van der Waals surface area (Å²) in [5.74, 6) is 0.828. The van der Waals surface area contributed by atoms with Crippen LogP contribution in [0, 0.1) is 13.8 Å². The van der Waals surface area contributed by atoms with Crippen molar-refractivity contribution in [3.63, 3.8) is 0 Å². The molecule has 3 rings (SSSR count). The SMILES string of the molecule is Cc1cnc(C(O)c2cccc(OC3CC3)c2)c(C)c1. The van der Waals surface area contributed by atoms with Crippen molar-refractivity contribution in [2.24, 2.45) is 0 Å². The normalized spacial score (nSPS) is 15.9. The molecule has 0 saturated heterocycles. The van der Waals surface area contributed by atoms with E-state index in [1.807, 2.05) is 44.2 Å². The molecule has 1 atom stereocenters. The first-order chi connectivity index (χ1) is 9.63. The molecular weight excluding hydrogens is 250 g/mol. The Morgan fingerprint density at radius 1 is 1.25 bits per heavy atom. The van der Waals surface area contributed by atoms with Crippen LogP contribution < -0.4 is 4.74 Å². The van der Waals surface area contributed by atoms with Crippen molar-refractivity contribution >= 4 is 0 Å². The number of hydrogen-bond donors (Lipinski definition) is 1. The Hall–Kier alpha value is -1.87. The quantitative estimate of drug-likeness (QED) is 0.925. The van der Waals surface area contributed by atoms with Crippen LogP contribution in [0.25, 0.3) is 0 Å². The Morgan fingerprint density at radius 2 is 2.05 bits per heavy atom. The summed E-state index contributed by atoms with van der Waals surface area (Å²) in [6.45, 7) is 3.98. The summed E-state index contributed by atoms with van der Waals surface area (Å²) in [6.07, 6.45) is 3.70. The first-order valence-electron chi connectivity index (χ1n) is 7.01. The van der Waals surface area contributed by atoms with Gasteiger partial charge in [0.25, 0.3) is 0 Å². The molecule has 1 saturated carbocycles. The van der Waals surface area contributed by atoms with Crippen LogP contribution in [-0.4, -0.2) is 16.2 Å². The summed E-state index contributed by atoms with van der Waals surface area (Å²) in [4.78, 5) is 4.37. The third-order valence-electron chi connectivity index (χ3n) is 3.52. The number of aryl methyl sites for hydroxylation is 2. The smallest absolute Gasteiger partial charge is 0.121 e. The summed E-state index contributed by atoms with van der Waals surface area (Å²) in [5.41, 5.74) is 3.64. The van der Waals surface area contributed by atoms with E-state index in [1.165, 1.54) is 0 Å². The highest BCUT2D eigenvalue weighted by molar-refractivity contribution is 5.36. The molecule has 104 valence electrons. The minimum atomic E-state index is -0.710. The van der Waals surface area contributed by atoms with Gasteiger partial charge in [-0.1, -0.05) is 18.2 Å². The summed E-state index contributed by atoms with van der Waals surface area (Å²) < 4.78 is 5.77. The van der Waals surface area contributed by atoms with Crippen LogP contribution in [0.3, 0.4) is 0 Å². The van der Waals surface area contributed by atoms with Gasteiger partial charge in [0, 0.05) is 6.20 Å². The van der Waals surface area contributed by atoms with Gasteiger partial charge in [-0.3, -0.25) is 4.98 Å². The Bertz CT molecular complexity index is 620. The highest BCUT2D eigenvalue weighted by Gasteiger charge is 2.24. The second-order valence-electron chi connectivity index (χ2n) is 5.51. The standard InChI is InChI=1S/C17H19NO2/c1-11-8-12(2)16(18-10-11)17(19)13-4-3-5-15(9-13)20-14-6-7-14/h3-5,8-10,14,17,19H,6-7H2,1-2H3. The Balaban J connectivity index is 1.86. The van der Waals surface area contributed by atoms with Crippen molar-refractivity contribution in [1.82, 2.24) is 4.98 Å². The van der Waals surface area contributed by atoms with E-state index in [4.69, 9.17) is 4.74 Å². The van der Waals surface area contributed by atoms with Gasteiger partial charge in [-0.25, -0.2) is 0 Å². The predicted octanol–water partition coefficient (Wildman–Crippen LogP) is 3.32. The van der Waals surface area contributed by atoms with Gasteiger partial charge in [0.2, 0.25) is 0 Å². The van der Waals surface area contributed by atoms with Crippen LogP contribution in [0.4, 0.5) is 0 Å². The lowest BCUT2D eigenvalue weighted by molar-refractivity contribution is 0.213. The molecule has 1 aromatic carbocycles. The zero-order chi connectivity index (χ0) is 14.1. The van der Waals surface area contributed by atoms with E-state index in [1.54, 1.807) is 6.20 Å². The van der Waals surface area contributed by atoms with Gasteiger partial charge < -0.3 is 9.84 Å². The molecule has 1 aliphatic rings. The molecule has 0 bridgehead atoms. The molecule has 20 heavy (non-hydrogen) atoms. The lowest BCUT2D eigenvalue weighted by Crippen LogP contribution is -2.06. The topological polar surface area (TPSA) is 42.4 Å². The van der Waals surface area contributed by atoms with Crippen LogP contribution in [0.2, 0.25) is 0 Å². The van der Waals surface area contributed by atoms with E-state index in [2.05, 4.69) is 4.98 Å². The van der Waals surface area contributed by atoms with Crippen molar-refractivity contribution in [2.45, 2.75) is 38.9 Å². The first-order valence-corrected chi connectivity index (χ1v) is 7.01. The highest BCUT2D eigenvalue weighted by Crippen LogP contribution is 2.30. The molecule has 0 aliphatic heterocycles. The van der Waals surface area contributed by atoms with Crippen LogP contribution in [0.1, 0.15) is 41.3 Å². The molecule has 0 amide bonds. The van der Waals surface area contributed by atoms with E-state index in [9.17, 15) is 5.11 Å². The van der Waals surface area contributed by atoms with Crippen molar-refractivity contribution in [3.05, 3.63) is 58.9 Å². The Kier molecular flexibility index (Phi) is 3.45. The summed E-state index contributed by atoms with van der Waals surface area (Å²) in [7, 11) is 0. The van der Waals surface area contributed by atoms with E-state index in [-0.39, 0.29) is 0 Å². The molecule has 1 unspecified atom stereocenters. The van der Waals surface area contributed by atoms with E-state index in [0.717, 1.165) is 35.3 Å². The summed E-state index contributed by atoms with van der Waals surface area (Å²) in [6, 6.07) is 9.70. The number of aromatic nitrogens is 1. The monoisotopic (exact) mass is 269 g/mol. The van der Waals surface area contributed by atoms with Crippen LogP contribution in [0.15, 0.2) is 36.5 Å². The number of benzene rings is 1. The average Bonchev–Trinajstić information content (AvgIpc) is 3.22. The highest BCUT2D eigenvalue weighted by atomic mass is 16.5. The molecule has 0 radical (unpaired) electrons. The van der Waals surface area contributed by atoms with Crippen molar-refractivity contribution in [3.8, 4) is 5.75 Å². The number of rotatable bonds is 4. The molecule has 0 spiro atoms. The minimum Gasteiger partial charge on any atom is -0.490 e. The van der Waals surface area contributed by atoms with E-state index >= 15 is 0 Å². The van der Waals surface area contributed by atoms with Crippen molar-refractivity contribution in [1.29, 1.82) is 0 Å². The molecule has 1 fully saturated rings. The predicted molar refractivity (Wildman–Crippen MR) is 77.9 cm³/mol. The summed E-state index contributed by atoms with van der Waals surface area (Å²) >= 11 is 0. The van der Waals surface area contributed by atoms with Crippen LogP contribution in [-0.2, 0) is 0 Å². The molecule has 1 heterocycles. The number of pyridine rings is 1. The maximum absolute atomic E-state index is 10.5. The number of aliphatic hydroxyl groups excluding tert-OH is 1. The second kappa shape index (κ2) is 5.25. The maximum atomic E-state index is 10.5.